The summed E-state index contributed by atoms with van der Waals surface area (Å²) in [7, 11) is 1.63. The molecule has 0 aliphatic carbocycles. The van der Waals surface area contributed by atoms with E-state index in [1.165, 1.54) is 0 Å². The number of methoxy groups -OCH3 is 1. The first-order chi connectivity index (χ1) is 9.10. The molecule has 1 atom stereocenters. The lowest BCUT2D eigenvalue weighted by Gasteiger charge is -2.14. The maximum absolute atomic E-state index is 5.97. The van der Waals surface area contributed by atoms with Crippen molar-refractivity contribution in [2.75, 3.05) is 7.11 Å². The van der Waals surface area contributed by atoms with E-state index < -0.39 is 0 Å². The number of rotatable bonds is 4. The van der Waals surface area contributed by atoms with Gasteiger partial charge in [-0.3, -0.25) is 0 Å². The van der Waals surface area contributed by atoms with E-state index in [1.807, 2.05) is 49.4 Å². The summed E-state index contributed by atoms with van der Waals surface area (Å²) in [5.41, 5.74) is 6.92. The zero-order valence-corrected chi connectivity index (χ0v) is 12.5. The first-order valence-electron chi connectivity index (χ1n) is 5.97. The van der Waals surface area contributed by atoms with Crippen LogP contribution in [0.4, 0.5) is 0 Å². The topological polar surface area (TPSA) is 44.5 Å². The summed E-state index contributed by atoms with van der Waals surface area (Å²) in [6.07, 6.45) is 0. The van der Waals surface area contributed by atoms with Crippen LogP contribution in [0.15, 0.2) is 46.9 Å². The van der Waals surface area contributed by atoms with E-state index in [9.17, 15) is 0 Å². The summed E-state index contributed by atoms with van der Waals surface area (Å²) in [5, 5.41) is 0. The fourth-order valence-corrected chi connectivity index (χ4v) is 2.14. The van der Waals surface area contributed by atoms with E-state index in [1.54, 1.807) is 7.11 Å². The molecule has 0 heterocycles. The molecule has 0 radical (unpaired) electrons. The lowest BCUT2D eigenvalue weighted by molar-refractivity contribution is 0.408. The summed E-state index contributed by atoms with van der Waals surface area (Å²) < 4.78 is 12.0. The summed E-state index contributed by atoms with van der Waals surface area (Å²) in [6, 6.07) is 13.2. The monoisotopic (exact) mass is 321 g/mol. The van der Waals surface area contributed by atoms with Gasteiger partial charge in [0, 0.05) is 22.1 Å². The van der Waals surface area contributed by atoms with Gasteiger partial charge >= 0.3 is 0 Å². The van der Waals surface area contributed by atoms with Crippen molar-refractivity contribution in [2.24, 2.45) is 5.73 Å². The predicted molar refractivity (Wildman–Crippen MR) is 79.8 cm³/mol. The van der Waals surface area contributed by atoms with Crippen LogP contribution in [0.3, 0.4) is 0 Å². The summed E-state index contributed by atoms with van der Waals surface area (Å²) in [6.45, 7) is 1.93. The highest BCUT2D eigenvalue weighted by molar-refractivity contribution is 9.10. The Hall–Kier alpha value is -1.52. The zero-order valence-electron chi connectivity index (χ0n) is 10.9. The standard InChI is InChI=1S/C15H16BrNO2/c1-10(17)14-8-11(16)6-7-15(14)19-13-5-3-4-12(9-13)18-2/h3-10H,17H2,1-2H3. The average Bonchev–Trinajstić information content (AvgIpc) is 2.41. The van der Waals surface area contributed by atoms with E-state index in [2.05, 4.69) is 15.9 Å². The van der Waals surface area contributed by atoms with Crippen molar-refractivity contribution in [3.63, 3.8) is 0 Å². The molecule has 0 fully saturated rings. The van der Waals surface area contributed by atoms with Gasteiger partial charge < -0.3 is 15.2 Å². The van der Waals surface area contributed by atoms with Crippen molar-refractivity contribution in [1.82, 2.24) is 0 Å². The maximum atomic E-state index is 5.97. The van der Waals surface area contributed by atoms with Crippen LogP contribution in [-0.4, -0.2) is 7.11 Å². The highest BCUT2D eigenvalue weighted by atomic mass is 79.9. The number of nitrogens with two attached hydrogens (primary N) is 1. The Kier molecular flexibility index (Phi) is 4.45. The minimum atomic E-state index is -0.0990. The van der Waals surface area contributed by atoms with Crippen LogP contribution in [0, 0.1) is 0 Å². The number of hydrogen-bond acceptors (Lipinski definition) is 3. The zero-order chi connectivity index (χ0) is 13.8. The second-order valence-corrected chi connectivity index (χ2v) is 5.17. The van der Waals surface area contributed by atoms with Crippen LogP contribution >= 0.6 is 15.9 Å². The number of halogens is 1. The highest BCUT2D eigenvalue weighted by Gasteiger charge is 2.10. The van der Waals surface area contributed by atoms with Crippen molar-refractivity contribution in [1.29, 1.82) is 0 Å². The van der Waals surface area contributed by atoms with Gasteiger partial charge in [0.05, 0.1) is 7.11 Å². The van der Waals surface area contributed by atoms with Gasteiger partial charge in [-0.25, -0.2) is 0 Å². The van der Waals surface area contributed by atoms with Gasteiger partial charge in [-0.15, -0.1) is 0 Å². The minimum absolute atomic E-state index is 0.0990. The van der Waals surface area contributed by atoms with Crippen LogP contribution in [0.25, 0.3) is 0 Å². The van der Waals surface area contributed by atoms with E-state index >= 15 is 0 Å². The largest absolute Gasteiger partial charge is 0.497 e. The second-order valence-electron chi connectivity index (χ2n) is 4.25. The van der Waals surface area contributed by atoms with Crippen molar-refractivity contribution in [3.8, 4) is 17.2 Å². The van der Waals surface area contributed by atoms with Crippen molar-refractivity contribution < 1.29 is 9.47 Å². The second kappa shape index (κ2) is 6.08. The molecule has 0 aliphatic heterocycles. The molecule has 2 aromatic rings. The molecular weight excluding hydrogens is 306 g/mol. The predicted octanol–water partition coefficient (Wildman–Crippen LogP) is 4.27. The smallest absolute Gasteiger partial charge is 0.132 e. The molecule has 19 heavy (non-hydrogen) atoms. The molecule has 2 aromatic carbocycles. The van der Waals surface area contributed by atoms with Crippen LogP contribution < -0.4 is 15.2 Å². The molecule has 100 valence electrons. The van der Waals surface area contributed by atoms with Gasteiger partial charge in [-0.2, -0.15) is 0 Å². The van der Waals surface area contributed by atoms with E-state index in [4.69, 9.17) is 15.2 Å². The van der Waals surface area contributed by atoms with Gasteiger partial charge in [0.1, 0.15) is 17.2 Å². The molecule has 0 spiro atoms. The lowest BCUT2D eigenvalue weighted by atomic mass is 10.1. The molecule has 2 rings (SSSR count). The highest BCUT2D eigenvalue weighted by Crippen LogP contribution is 2.32. The van der Waals surface area contributed by atoms with Crippen LogP contribution in [0.2, 0.25) is 0 Å². The summed E-state index contributed by atoms with van der Waals surface area (Å²) in [4.78, 5) is 0. The van der Waals surface area contributed by atoms with Crippen LogP contribution in [0.1, 0.15) is 18.5 Å². The first kappa shape index (κ1) is 13.9. The third-order valence-corrected chi connectivity index (χ3v) is 3.22. The lowest BCUT2D eigenvalue weighted by Crippen LogP contribution is -2.06. The van der Waals surface area contributed by atoms with Crippen molar-refractivity contribution >= 4 is 15.9 Å². The Labute approximate surface area is 121 Å². The Morgan fingerprint density at radius 3 is 2.53 bits per heavy atom. The first-order valence-corrected chi connectivity index (χ1v) is 6.76. The molecule has 1 unspecified atom stereocenters. The summed E-state index contributed by atoms with van der Waals surface area (Å²) >= 11 is 3.44. The van der Waals surface area contributed by atoms with Crippen LogP contribution in [0.5, 0.6) is 17.2 Å². The third-order valence-electron chi connectivity index (χ3n) is 2.73. The SMILES string of the molecule is COc1cccc(Oc2ccc(Br)cc2C(C)N)c1. The summed E-state index contributed by atoms with van der Waals surface area (Å²) in [5.74, 6) is 2.24. The Morgan fingerprint density at radius 1 is 1.11 bits per heavy atom. The third kappa shape index (κ3) is 3.49. The minimum Gasteiger partial charge on any atom is -0.497 e. The Morgan fingerprint density at radius 2 is 1.84 bits per heavy atom. The quantitative estimate of drug-likeness (QED) is 0.914. The van der Waals surface area contributed by atoms with Gasteiger partial charge in [-0.1, -0.05) is 22.0 Å². The molecule has 4 heteroatoms. The van der Waals surface area contributed by atoms with Gasteiger partial charge in [-0.05, 0) is 37.3 Å². The average molecular weight is 322 g/mol. The van der Waals surface area contributed by atoms with Crippen LogP contribution in [-0.2, 0) is 0 Å². The molecule has 3 nitrogen and oxygen atoms in total. The van der Waals surface area contributed by atoms with Gasteiger partial charge in [0.2, 0.25) is 0 Å². The fourth-order valence-electron chi connectivity index (χ4n) is 1.76. The molecular formula is C15H16BrNO2. The molecule has 0 aromatic heterocycles. The van der Waals surface area contributed by atoms with Crippen molar-refractivity contribution in [3.05, 3.63) is 52.5 Å². The van der Waals surface area contributed by atoms with E-state index in [-0.39, 0.29) is 6.04 Å². The maximum Gasteiger partial charge on any atom is 0.132 e. The van der Waals surface area contributed by atoms with Gasteiger partial charge in [0.25, 0.3) is 0 Å². The number of ether oxygens (including phenoxy) is 2. The van der Waals surface area contributed by atoms with E-state index in [0.29, 0.717) is 0 Å². The molecule has 2 N–H and O–H groups in total. The Bertz CT molecular complexity index is 570. The molecule has 0 saturated heterocycles. The van der Waals surface area contributed by atoms with E-state index in [0.717, 1.165) is 27.3 Å². The molecule has 0 aliphatic rings. The number of benzene rings is 2. The van der Waals surface area contributed by atoms with Crippen molar-refractivity contribution in [2.45, 2.75) is 13.0 Å². The molecule has 0 saturated carbocycles. The molecule has 0 bridgehead atoms. The number of hydrogen-bond donors (Lipinski definition) is 1. The normalized spacial score (nSPS) is 12.0. The molecule has 0 amide bonds. The van der Waals surface area contributed by atoms with Gasteiger partial charge in [0.15, 0.2) is 0 Å². The fraction of sp³-hybridized carbons (Fsp3) is 0.200. The Balaban J connectivity index is 2.32.